The van der Waals surface area contributed by atoms with E-state index < -0.39 is 9.84 Å². The summed E-state index contributed by atoms with van der Waals surface area (Å²) in [6.45, 7) is 6.07. The number of nitrogen functional groups attached to an aromatic ring is 1. The third kappa shape index (κ3) is 3.16. The Balaban J connectivity index is 2.36. The highest BCUT2D eigenvalue weighted by Crippen LogP contribution is 2.42. The van der Waals surface area contributed by atoms with Gasteiger partial charge in [0, 0.05) is 19.3 Å². The topological polar surface area (TPSA) is 87.2 Å². The lowest BCUT2D eigenvalue weighted by atomic mass is 9.87. The highest BCUT2D eigenvalue weighted by Gasteiger charge is 2.30. The predicted molar refractivity (Wildman–Crippen MR) is 86.3 cm³/mol. The van der Waals surface area contributed by atoms with Crippen molar-refractivity contribution in [2.75, 3.05) is 30.0 Å². The van der Waals surface area contributed by atoms with Gasteiger partial charge in [0.15, 0.2) is 9.84 Å². The Morgan fingerprint density at radius 2 is 1.95 bits per heavy atom. The maximum absolute atomic E-state index is 12.0. The first kappa shape index (κ1) is 16.1. The lowest BCUT2D eigenvalue weighted by Gasteiger charge is -2.34. The van der Waals surface area contributed by atoms with Gasteiger partial charge in [0.1, 0.15) is 20.8 Å². The van der Waals surface area contributed by atoms with Crippen LogP contribution < -0.4 is 10.6 Å². The van der Waals surface area contributed by atoms with Crippen molar-refractivity contribution in [1.82, 2.24) is 0 Å². The Morgan fingerprint density at radius 1 is 1.38 bits per heavy atom. The molecule has 21 heavy (non-hydrogen) atoms. The monoisotopic (exact) mass is 327 g/mol. The third-order valence-electron chi connectivity index (χ3n) is 4.12. The molecule has 0 radical (unpaired) electrons. The molecule has 1 saturated heterocycles. The van der Waals surface area contributed by atoms with Gasteiger partial charge in [-0.25, -0.2) is 8.42 Å². The lowest BCUT2D eigenvalue weighted by molar-refractivity contribution is 0.311. The van der Waals surface area contributed by atoms with Crippen molar-refractivity contribution in [3.05, 3.63) is 4.88 Å². The molecule has 2 rings (SSSR count). The molecule has 0 unspecified atom stereocenters. The van der Waals surface area contributed by atoms with Crippen LogP contribution in [0.5, 0.6) is 0 Å². The second kappa shape index (κ2) is 5.85. The van der Waals surface area contributed by atoms with Gasteiger partial charge in [-0.2, -0.15) is 5.26 Å². The molecule has 0 bridgehead atoms. The van der Waals surface area contributed by atoms with E-state index in [2.05, 4.69) is 18.7 Å². The quantitative estimate of drug-likeness (QED) is 0.921. The number of nitrogens with two attached hydrogens (primary N) is 1. The van der Waals surface area contributed by atoms with E-state index in [0.717, 1.165) is 32.2 Å². The van der Waals surface area contributed by atoms with Crippen LogP contribution in [-0.4, -0.2) is 27.8 Å². The number of anilines is 2. The number of nitriles is 1. The van der Waals surface area contributed by atoms with Crippen LogP contribution in [0.2, 0.25) is 0 Å². The molecule has 5 nitrogen and oxygen atoms in total. The zero-order valence-electron chi connectivity index (χ0n) is 12.6. The van der Waals surface area contributed by atoms with Gasteiger partial charge in [-0.15, -0.1) is 11.3 Å². The minimum absolute atomic E-state index is 0.103. The Kier molecular flexibility index (Phi) is 4.49. The van der Waals surface area contributed by atoms with Crippen LogP contribution in [0.15, 0.2) is 4.90 Å². The third-order valence-corrected chi connectivity index (χ3v) is 6.58. The fourth-order valence-corrected chi connectivity index (χ4v) is 5.39. The van der Waals surface area contributed by atoms with Gasteiger partial charge in [-0.05, 0) is 24.7 Å². The van der Waals surface area contributed by atoms with Gasteiger partial charge in [0.05, 0.1) is 5.69 Å². The smallest absolute Gasteiger partial charge is 0.180 e. The lowest BCUT2D eigenvalue weighted by Crippen LogP contribution is -2.35. The van der Waals surface area contributed by atoms with Gasteiger partial charge < -0.3 is 10.6 Å². The fraction of sp³-hybridized carbons (Fsp3) is 0.643. The van der Waals surface area contributed by atoms with Crippen LogP contribution >= 0.6 is 11.3 Å². The molecule has 2 N–H and O–H groups in total. The molecule has 0 amide bonds. The molecule has 116 valence electrons. The Morgan fingerprint density at radius 3 is 2.38 bits per heavy atom. The number of hydrogen-bond donors (Lipinski definition) is 1. The molecule has 1 aromatic heterocycles. The average molecular weight is 327 g/mol. The molecule has 0 atom stereocenters. The van der Waals surface area contributed by atoms with Crippen LogP contribution in [0.1, 0.15) is 31.6 Å². The summed E-state index contributed by atoms with van der Waals surface area (Å²) in [5, 5.41) is 9.74. The van der Waals surface area contributed by atoms with E-state index in [1.807, 2.05) is 6.07 Å². The molecule has 2 heterocycles. The number of piperidine rings is 1. The molecule has 1 fully saturated rings. The van der Waals surface area contributed by atoms with Gasteiger partial charge in [0.2, 0.25) is 0 Å². The molecule has 1 aliphatic rings. The van der Waals surface area contributed by atoms with Crippen molar-refractivity contribution in [3.8, 4) is 6.07 Å². The van der Waals surface area contributed by atoms with Crippen LogP contribution in [0.4, 0.5) is 10.7 Å². The van der Waals surface area contributed by atoms with Gasteiger partial charge in [-0.1, -0.05) is 13.8 Å². The predicted octanol–water partition coefficient (Wildman–Crippen LogP) is 2.48. The molecule has 0 saturated carbocycles. The van der Waals surface area contributed by atoms with Crippen molar-refractivity contribution in [2.24, 2.45) is 11.8 Å². The van der Waals surface area contributed by atoms with Crippen molar-refractivity contribution >= 4 is 31.9 Å². The summed E-state index contributed by atoms with van der Waals surface area (Å²) in [7, 11) is -3.44. The van der Waals surface area contributed by atoms with E-state index in [4.69, 9.17) is 11.0 Å². The first-order valence-electron chi connectivity index (χ1n) is 7.03. The molecule has 0 aromatic carbocycles. The summed E-state index contributed by atoms with van der Waals surface area (Å²) < 4.78 is 24.0. The summed E-state index contributed by atoms with van der Waals surface area (Å²) in [5.41, 5.74) is 5.97. The summed E-state index contributed by atoms with van der Waals surface area (Å²) in [6.07, 6.45) is 3.23. The van der Waals surface area contributed by atoms with Crippen molar-refractivity contribution in [3.63, 3.8) is 0 Å². The van der Waals surface area contributed by atoms with E-state index >= 15 is 0 Å². The minimum Gasteiger partial charge on any atom is -0.396 e. The summed E-state index contributed by atoms with van der Waals surface area (Å²) in [6, 6.07) is 2.00. The molecular weight excluding hydrogens is 306 g/mol. The SMILES string of the molecule is CC(C)C1CCN(c2sc(C#N)c(N)c2S(C)(=O)=O)CC1. The second-order valence-corrected chi connectivity index (χ2v) is 8.88. The normalized spacial score (nSPS) is 17.2. The highest BCUT2D eigenvalue weighted by atomic mass is 32.2. The highest BCUT2D eigenvalue weighted by molar-refractivity contribution is 7.91. The molecule has 0 spiro atoms. The Labute approximate surface area is 130 Å². The van der Waals surface area contributed by atoms with Crippen molar-refractivity contribution in [1.29, 1.82) is 5.26 Å². The summed E-state index contributed by atoms with van der Waals surface area (Å²) in [4.78, 5) is 2.49. The zero-order chi connectivity index (χ0) is 15.8. The molecule has 0 aliphatic carbocycles. The molecule has 1 aromatic rings. The summed E-state index contributed by atoms with van der Waals surface area (Å²) in [5.74, 6) is 1.32. The van der Waals surface area contributed by atoms with E-state index in [1.165, 1.54) is 11.3 Å². The van der Waals surface area contributed by atoms with E-state index in [1.54, 1.807) is 0 Å². The van der Waals surface area contributed by atoms with Gasteiger partial charge in [-0.3, -0.25) is 0 Å². The van der Waals surface area contributed by atoms with E-state index in [-0.39, 0.29) is 15.5 Å². The first-order valence-corrected chi connectivity index (χ1v) is 9.73. The molecular formula is C14H21N3O2S2. The van der Waals surface area contributed by atoms with E-state index in [0.29, 0.717) is 16.8 Å². The Bertz CT molecular complexity index is 663. The second-order valence-electron chi connectivity index (χ2n) is 5.93. The minimum atomic E-state index is -3.44. The van der Waals surface area contributed by atoms with Gasteiger partial charge >= 0.3 is 0 Å². The number of thiophene rings is 1. The molecule has 7 heteroatoms. The maximum Gasteiger partial charge on any atom is 0.180 e. The van der Waals surface area contributed by atoms with Gasteiger partial charge in [0.25, 0.3) is 0 Å². The number of rotatable bonds is 3. The van der Waals surface area contributed by atoms with Crippen LogP contribution in [0.25, 0.3) is 0 Å². The summed E-state index contributed by atoms with van der Waals surface area (Å²) >= 11 is 1.19. The van der Waals surface area contributed by atoms with E-state index in [9.17, 15) is 8.42 Å². The zero-order valence-corrected chi connectivity index (χ0v) is 14.2. The number of nitrogens with zero attached hydrogens (tertiary/aromatic N) is 2. The van der Waals surface area contributed by atoms with Crippen molar-refractivity contribution in [2.45, 2.75) is 31.6 Å². The fourth-order valence-electron chi connectivity index (χ4n) is 2.84. The Hall–Kier alpha value is -1.26. The molecule has 1 aliphatic heterocycles. The van der Waals surface area contributed by atoms with Crippen molar-refractivity contribution < 1.29 is 8.42 Å². The van der Waals surface area contributed by atoms with Crippen LogP contribution in [0, 0.1) is 23.2 Å². The number of hydrogen-bond acceptors (Lipinski definition) is 6. The maximum atomic E-state index is 12.0. The van der Waals surface area contributed by atoms with Crippen LogP contribution in [0.3, 0.4) is 0 Å². The largest absolute Gasteiger partial charge is 0.396 e. The standard InChI is InChI=1S/C14H21N3O2S2/c1-9(2)10-4-6-17(7-5-10)14-13(21(3,18)19)12(16)11(8-15)20-14/h9-10H,4-7,16H2,1-3H3. The van der Waals surface area contributed by atoms with Crippen LogP contribution in [-0.2, 0) is 9.84 Å². The average Bonchev–Trinajstić information content (AvgIpc) is 2.75. The number of sulfone groups is 1. The first-order chi connectivity index (χ1) is 9.75.